The average Bonchev–Trinajstić information content (AvgIpc) is 1.83. The molecule has 0 rings (SSSR count). The summed E-state index contributed by atoms with van der Waals surface area (Å²) in [5, 5.41) is 16.7. The fraction of sp³-hybridized carbons (Fsp3) is 0.667. The van der Waals surface area contributed by atoms with Crippen LogP contribution in [0.15, 0.2) is 12.0 Å². The molecule has 0 radical (unpaired) electrons. The lowest BCUT2D eigenvalue weighted by Crippen LogP contribution is -1.79. The molecule has 2 heteroatoms. The number of unbranched alkanes of at least 4 members (excludes halogenated alkanes) is 1. The van der Waals surface area contributed by atoms with Crippen molar-refractivity contribution in [1.29, 1.82) is 0 Å². The molecule has 48 valence electrons. The van der Waals surface area contributed by atoms with E-state index in [1.165, 1.54) is 0 Å². The Balaban J connectivity index is 3.12. The van der Waals surface area contributed by atoms with E-state index in [1.54, 1.807) is 0 Å². The van der Waals surface area contributed by atoms with Crippen molar-refractivity contribution in [1.82, 2.24) is 0 Å². The minimum atomic E-state index is 0.0758. The van der Waals surface area contributed by atoms with Crippen LogP contribution in [0.25, 0.3) is 0 Å². The summed E-state index contributed by atoms with van der Waals surface area (Å²) in [6.45, 7) is 2.03. The van der Waals surface area contributed by atoms with Crippen LogP contribution in [0.5, 0.6) is 0 Å². The highest BCUT2D eigenvalue weighted by atomic mass is 16.3. The fourth-order valence-electron chi connectivity index (χ4n) is 0.422. The van der Waals surface area contributed by atoms with Crippen molar-refractivity contribution >= 4 is 0 Å². The Hall–Kier alpha value is -0.660. The van der Waals surface area contributed by atoms with Crippen LogP contribution in [-0.2, 0) is 0 Å². The van der Waals surface area contributed by atoms with Crippen LogP contribution < -0.4 is 0 Å². The van der Waals surface area contributed by atoms with Crippen molar-refractivity contribution in [2.75, 3.05) is 0 Å². The minimum absolute atomic E-state index is 0.0758. The van der Waals surface area contributed by atoms with E-state index >= 15 is 0 Å². The predicted octanol–water partition coefficient (Wildman–Crippen LogP) is 2.13. The van der Waals surface area contributed by atoms with Gasteiger partial charge >= 0.3 is 0 Å². The van der Waals surface area contributed by atoms with Gasteiger partial charge in [-0.15, -0.1) is 0 Å². The van der Waals surface area contributed by atoms with Crippen LogP contribution in [0.4, 0.5) is 0 Å². The van der Waals surface area contributed by atoms with Crippen LogP contribution >= 0.6 is 0 Å². The quantitative estimate of drug-likeness (QED) is 0.554. The number of aliphatic hydroxyl groups is 2. The lowest BCUT2D eigenvalue weighted by molar-refractivity contribution is 0.340. The monoisotopic (exact) mass is 116 g/mol. The summed E-state index contributed by atoms with van der Waals surface area (Å²) in [4.78, 5) is 0. The average molecular weight is 116 g/mol. The van der Waals surface area contributed by atoms with E-state index in [4.69, 9.17) is 10.2 Å². The van der Waals surface area contributed by atoms with Gasteiger partial charge in [-0.1, -0.05) is 13.3 Å². The Bertz CT molecular complexity index is 76.6. The van der Waals surface area contributed by atoms with Crippen molar-refractivity contribution < 1.29 is 10.2 Å². The van der Waals surface area contributed by atoms with Gasteiger partial charge in [-0.2, -0.15) is 0 Å². The molecule has 0 aliphatic carbocycles. The largest absolute Gasteiger partial charge is 0.512 e. The lowest BCUT2D eigenvalue weighted by atomic mass is 10.2. The Kier molecular flexibility index (Phi) is 4.13. The molecule has 0 aliphatic heterocycles. The van der Waals surface area contributed by atoms with Gasteiger partial charge in [0.15, 0.2) is 0 Å². The molecule has 8 heavy (non-hydrogen) atoms. The second kappa shape index (κ2) is 4.50. The molecule has 0 aromatic heterocycles. The van der Waals surface area contributed by atoms with E-state index < -0.39 is 0 Å². The van der Waals surface area contributed by atoms with Gasteiger partial charge in [-0.25, -0.2) is 0 Å². The van der Waals surface area contributed by atoms with Crippen LogP contribution in [0.2, 0.25) is 0 Å². The number of hydrogen-bond acceptors (Lipinski definition) is 2. The number of allylic oxidation sites excluding steroid dienone is 1. The normalized spacial score (nSPS) is 11.9. The molecule has 2 nitrogen and oxygen atoms in total. The second-order valence-corrected chi connectivity index (χ2v) is 1.72. The summed E-state index contributed by atoms with van der Waals surface area (Å²) in [6.07, 6.45) is 3.31. The molecule has 0 heterocycles. The maximum absolute atomic E-state index is 8.60. The van der Waals surface area contributed by atoms with Crippen LogP contribution in [-0.4, -0.2) is 10.2 Å². The van der Waals surface area contributed by atoms with Crippen molar-refractivity contribution in [2.45, 2.75) is 26.2 Å². The summed E-state index contributed by atoms with van der Waals surface area (Å²) < 4.78 is 0. The van der Waals surface area contributed by atoms with Crippen LogP contribution in [0, 0.1) is 0 Å². The summed E-state index contributed by atoms with van der Waals surface area (Å²) in [7, 11) is 0. The number of rotatable bonds is 3. The third-order valence-corrected chi connectivity index (χ3v) is 0.935. The molecular formula is C6H12O2. The predicted molar refractivity (Wildman–Crippen MR) is 32.9 cm³/mol. The van der Waals surface area contributed by atoms with Gasteiger partial charge in [0, 0.05) is 6.42 Å². The van der Waals surface area contributed by atoms with E-state index in [0.717, 1.165) is 19.1 Å². The first-order chi connectivity index (χ1) is 3.81. The molecule has 0 saturated carbocycles. The van der Waals surface area contributed by atoms with E-state index in [9.17, 15) is 0 Å². The van der Waals surface area contributed by atoms with E-state index in [1.807, 2.05) is 6.92 Å². The number of aliphatic hydroxyl groups excluding tert-OH is 2. The first-order valence-electron chi connectivity index (χ1n) is 2.83. The summed E-state index contributed by atoms with van der Waals surface area (Å²) in [5.41, 5.74) is 0. The summed E-state index contributed by atoms with van der Waals surface area (Å²) in [6, 6.07) is 0. The smallest absolute Gasteiger partial charge is 0.126 e. The standard InChI is InChI=1S/C6H12O2/c1-2-3-4-6(8)5-7/h5,7-8H,2-4H2,1H3/b6-5-. The van der Waals surface area contributed by atoms with Crippen molar-refractivity contribution in [3.63, 3.8) is 0 Å². The molecule has 0 aliphatic rings. The van der Waals surface area contributed by atoms with Gasteiger partial charge < -0.3 is 10.2 Å². The summed E-state index contributed by atoms with van der Waals surface area (Å²) >= 11 is 0. The van der Waals surface area contributed by atoms with Crippen molar-refractivity contribution in [2.24, 2.45) is 0 Å². The molecule has 0 spiro atoms. The first kappa shape index (κ1) is 7.34. The third kappa shape index (κ3) is 3.53. The molecule has 0 amide bonds. The second-order valence-electron chi connectivity index (χ2n) is 1.72. The first-order valence-corrected chi connectivity index (χ1v) is 2.83. The van der Waals surface area contributed by atoms with Crippen LogP contribution in [0.1, 0.15) is 26.2 Å². The Morgan fingerprint density at radius 3 is 2.62 bits per heavy atom. The molecule has 0 aromatic carbocycles. The highest BCUT2D eigenvalue weighted by molar-refractivity contribution is 4.82. The van der Waals surface area contributed by atoms with Gasteiger partial charge in [0.2, 0.25) is 0 Å². The molecule has 0 atom stereocenters. The molecular weight excluding hydrogens is 104 g/mol. The molecule has 0 aromatic rings. The molecule has 0 unspecified atom stereocenters. The maximum Gasteiger partial charge on any atom is 0.126 e. The maximum atomic E-state index is 8.60. The topological polar surface area (TPSA) is 40.5 Å². The van der Waals surface area contributed by atoms with Crippen LogP contribution in [0.3, 0.4) is 0 Å². The Morgan fingerprint density at radius 1 is 1.62 bits per heavy atom. The minimum Gasteiger partial charge on any atom is -0.512 e. The summed E-state index contributed by atoms with van der Waals surface area (Å²) in [5.74, 6) is 0.0758. The van der Waals surface area contributed by atoms with Crippen molar-refractivity contribution in [3.05, 3.63) is 12.0 Å². The van der Waals surface area contributed by atoms with E-state index in [-0.39, 0.29) is 5.76 Å². The van der Waals surface area contributed by atoms with Gasteiger partial charge in [-0.05, 0) is 6.42 Å². The van der Waals surface area contributed by atoms with Gasteiger partial charge in [0.05, 0.1) is 0 Å². The fourth-order valence-corrected chi connectivity index (χ4v) is 0.422. The molecule has 0 fully saturated rings. The number of hydrogen-bond donors (Lipinski definition) is 2. The molecule has 2 N–H and O–H groups in total. The SMILES string of the molecule is CCCC/C(O)=C/O. The zero-order valence-electron chi connectivity index (χ0n) is 5.09. The zero-order valence-corrected chi connectivity index (χ0v) is 5.09. The van der Waals surface area contributed by atoms with Gasteiger partial charge in [-0.3, -0.25) is 0 Å². The van der Waals surface area contributed by atoms with Gasteiger partial charge in [0.1, 0.15) is 12.0 Å². The lowest BCUT2D eigenvalue weighted by Gasteiger charge is -1.92. The zero-order chi connectivity index (χ0) is 6.41. The highest BCUT2D eigenvalue weighted by Gasteiger charge is 1.88. The van der Waals surface area contributed by atoms with E-state index in [0.29, 0.717) is 6.42 Å². The highest BCUT2D eigenvalue weighted by Crippen LogP contribution is 2.01. The van der Waals surface area contributed by atoms with Gasteiger partial charge in [0.25, 0.3) is 0 Å². The van der Waals surface area contributed by atoms with Crippen molar-refractivity contribution in [3.8, 4) is 0 Å². The Morgan fingerprint density at radius 2 is 2.25 bits per heavy atom. The Labute approximate surface area is 49.5 Å². The van der Waals surface area contributed by atoms with E-state index in [2.05, 4.69) is 0 Å². The third-order valence-electron chi connectivity index (χ3n) is 0.935. The molecule has 0 bridgehead atoms. The molecule has 0 saturated heterocycles.